The number of benzene rings is 2. The molecule has 4 nitrogen and oxygen atoms in total. The lowest BCUT2D eigenvalue weighted by atomic mass is 9.95. The minimum atomic E-state index is -0.495. The highest BCUT2D eigenvalue weighted by molar-refractivity contribution is 5.96. The highest BCUT2D eigenvalue weighted by atomic mass is 16.7. The van der Waals surface area contributed by atoms with Gasteiger partial charge in [-0.2, -0.15) is 5.06 Å². The first-order valence-corrected chi connectivity index (χ1v) is 8.41. The molecule has 1 fully saturated rings. The van der Waals surface area contributed by atoms with Gasteiger partial charge in [0.25, 0.3) is 5.91 Å². The molecule has 0 radical (unpaired) electrons. The van der Waals surface area contributed by atoms with E-state index < -0.39 is 5.97 Å². The van der Waals surface area contributed by atoms with Crippen molar-refractivity contribution >= 4 is 11.9 Å². The molecule has 0 bridgehead atoms. The van der Waals surface area contributed by atoms with Crippen molar-refractivity contribution in [1.82, 2.24) is 5.06 Å². The third-order valence-corrected chi connectivity index (χ3v) is 4.32. The summed E-state index contributed by atoms with van der Waals surface area (Å²) in [4.78, 5) is 30.8. The third kappa shape index (κ3) is 3.82. The summed E-state index contributed by atoms with van der Waals surface area (Å²) in [5, 5.41) is 1.30. The molecule has 24 heavy (non-hydrogen) atoms. The molecule has 1 aliphatic carbocycles. The van der Waals surface area contributed by atoms with Gasteiger partial charge in [-0.25, -0.2) is 4.79 Å². The SMILES string of the molecule is O=C(ON(C(=O)c1ccccc1)C1CCCCC1)c1ccccc1. The van der Waals surface area contributed by atoms with Gasteiger partial charge in [-0.05, 0) is 37.1 Å². The van der Waals surface area contributed by atoms with Crippen LogP contribution in [-0.2, 0) is 4.84 Å². The van der Waals surface area contributed by atoms with Crippen molar-refractivity contribution < 1.29 is 14.4 Å². The van der Waals surface area contributed by atoms with Crippen LogP contribution in [0.3, 0.4) is 0 Å². The lowest BCUT2D eigenvalue weighted by Crippen LogP contribution is -2.42. The largest absolute Gasteiger partial charge is 0.363 e. The van der Waals surface area contributed by atoms with E-state index in [4.69, 9.17) is 4.84 Å². The molecule has 0 aromatic heterocycles. The Morgan fingerprint density at radius 2 is 1.33 bits per heavy atom. The fourth-order valence-corrected chi connectivity index (χ4v) is 3.02. The van der Waals surface area contributed by atoms with E-state index in [1.165, 1.54) is 5.06 Å². The normalized spacial score (nSPS) is 14.8. The van der Waals surface area contributed by atoms with Crippen LogP contribution in [0.15, 0.2) is 60.7 Å². The smallest absolute Gasteiger partial charge is 0.332 e. The van der Waals surface area contributed by atoms with Crippen LogP contribution in [0.1, 0.15) is 52.8 Å². The maximum absolute atomic E-state index is 12.9. The average Bonchev–Trinajstić information content (AvgIpc) is 2.67. The molecule has 1 aliphatic rings. The number of nitrogens with zero attached hydrogens (tertiary/aromatic N) is 1. The summed E-state index contributed by atoms with van der Waals surface area (Å²) in [5.74, 6) is -0.753. The zero-order chi connectivity index (χ0) is 16.8. The molecule has 0 atom stereocenters. The van der Waals surface area contributed by atoms with E-state index >= 15 is 0 Å². The second kappa shape index (κ2) is 7.77. The van der Waals surface area contributed by atoms with Crippen LogP contribution in [0, 0.1) is 0 Å². The van der Waals surface area contributed by atoms with Crippen molar-refractivity contribution in [2.24, 2.45) is 0 Å². The second-order valence-corrected chi connectivity index (χ2v) is 6.03. The van der Waals surface area contributed by atoms with Crippen molar-refractivity contribution in [2.75, 3.05) is 0 Å². The maximum atomic E-state index is 12.9. The zero-order valence-electron chi connectivity index (χ0n) is 13.6. The molecule has 4 heteroatoms. The van der Waals surface area contributed by atoms with Crippen LogP contribution in [0.5, 0.6) is 0 Å². The fourth-order valence-electron chi connectivity index (χ4n) is 3.02. The molecule has 0 saturated heterocycles. The highest BCUT2D eigenvalue weighted by Gasteiger charge is 2.30. The highest BCUT2D eigenvalue weighted by Crippen LogP contribution is 2.25. The van der Waals surface area contributed by atoms with Gasteiger partial charge in [-0.15, -0.1) is 0 Å². The van der Waals surface area contributed by atoms with Gasteiger partial charge >= 0.3 is 5.97 Å². The van der Waals surface area contributed by atoms with Gasteiger partial charge in [0.2, 0.25) is 0 Å². The molecule has 0 heterocycles. The fraction of sp³-hybridized carbons (Fsp3) is 0.300. The standard InChI is InChI=1S/C20H21NO3/c22-19(16-10-4-1-5-11-16)21(18-14-8-3-9-15-18)24-20(23)17-12-6-2-7-13-17/h1-2,4-7,10-13,18H,3,8-9,14-15H2. The van der Waals surface area contributed by atoms with Crippen LogP contribution < -0.4 is 0 Å². The molecule has 124 valence electrons. The maximum Gasteiger partial charge on any atom is 0.363 e. The number of hydroxylamine groups is 2. The van der Waals surface area contributed by atoms with Gasteiger partial charge < -0.3 is 4.84 Å². The second-order valence-electron chi connectivity index (χ2n) is 6.03. The number of rotatable bonds is 3. The quantitative estimate of drug-likeness (QED) is 0.794. The summed E-state index contributed by atoms with van der Waals surface area (Å²) in [6, 6.07) is 17.7. The third-order valence-electron chi connectivity index (χ3n) is 4.32. The molecule has 2 aromatic rings. The predicted molar refractivity (Wildman–Crippen MR) is 91.3 cm³/mol. The van der Waals surface area contributed by atoms with Crippen LogP contribution in [0.2, 0.25) is 0 Å². The number of carbonyl (C=O) groups excluding carboxylic acids is 2. The number of carbonyl (C=O) groups is 2. The summed E-state index contributed by atoms with van der Waals surface area (Å²) in [6.07, 6.45) is 4.98. The number of hydrogen-bond acceptors (Lipinski definition) is 3. The summed E-state index contributed by atoms with van der Waals surface area (Å²) in [7, 11) is 0. The van der Waals surface area contributed by atoms with Crippen LogP contribution in [0.25, 0.3) is 0 Å². The van der Waals surface area contributed by atoms with Gasteiger partial charge in [-0.3, -0.25) is 4.79 Å². The first-order chi connectivity index (χ1) is 11.8. The van der Waals surface area contributed by atoms with Crippen LogP contribution >= 0.6 is 0 Å². The first kappa shape index (κ1) is 16.2. The molecule has 0 spiro atoms. The van der Waals surface area contributed by atoms with Gasteiger partial charge in [0.15, 0.2) is 0 Å². The Balaban J connectivity index is 1.82. The summed E-state index contributed by atoms with van der Waals surface area (Å²) < 4.78 is 0. The van der Waals surface area contributed by atoms with Crippen LogP contribution in [-0.4, -0.2) is 23.0 Å². The van der Waals surface area contributed by atoms with Crippen molar-refractivity contribution in [3.05, 3.63) is 71.8 Å². The van der Waals surface area contributed by atoms with E-state index in [2.05, 4.69) is 0 Å². The van der Waals surface area contributed by atoms with E-state index in [1.807, 2.05) is 24.3 Å². The lowest BCUT2D eigenvalue weighted by molar-refractivity contribution is -0.112. The van der Waals surface area contributed by atoms with E-state index in [9.17, 15) is 9.59 Å². The minimum absolute atomic E-state index is 0.0564. The van der Waals surface area contributed by atoms with E-state index in [0.717, 1.165) is 32.1 Å². The van der Waals surface area contributed by atoms with Gasteiger partial charge in [-0.1, -0.05) is 55.7 Å². The molecule has 1 amide bonds. The molecule has 0 unspecified atom stereocenters. The molecule has 0 aliphatic heterocycles. The molecule has 0 N–H and O–H groups in total. The Labute approximate surface area is 142 Å². The molecular formula is C20H21NO3. The van der Waals surface area contributed by atoms with E-state index in [-0.39, 0.29) is 11.9 Å². The molecular weight excluding hydrogens is 302 g/mol. The van der Waals surface area contributed by atoms with Crippen molar-refractivity contribution in [1.29, 1.82) is 0 Å². The Morgan fingerprint density at radius 1 is 0.792 bits per heavy atom. The van der Waals surface area contributed by atoms with E-state index in [1.54, 1.807) is 36.4 Å². The van der Waals surface area contributed by atoms with Crippen LogP contribution in [0.4, 0.5) is 0 Å². The van der Waals surface area contributed by atoms with Crippen molar-refractivity contribution in [2.45, 2.75) is 38.1 Å². The number of amides is 1. The molecule has 3 rings (SSSR count). The van der Waals surface area contributed by atoms with Gasteiger partial charge in [0, 0.05) is 5.56 Å². The van der Waals surface area contributed by atoms with E-state index in [0.29, 0.717) is 11.1 Å². The Kier molecular flexibility index (Phi) is 5.26. The zero-order valence-corrected chi connectivity index (χ0v) is 13.6. The minimum Gasteiger partial charge on any atom is -0.332 e. The van der Waals surface area contributed by atoms with Gasteiger partial charge in [0.05, 0.1) is 11.6 Å². The molecule has 1 saturated carbocycles. The summed E-state index contributed by atoms with van der Waals surface area (Å²) in [6.45, 7) is 0. The summed E-state index contributed by atoms with van der Waals surface area (Å²) >= 11 is 0. The average molecular weight is 323 g/mol. The lowest BCUT2D eigenvalue weighted by Gasteiger charge is -2.32. The Hall–Kier alpha value is -2.62. The monoisotopic (exact) mass is 323 g/mol. The predicted octanol–water partition coefficient (Wildman–Crippen LogP) is 4.23. The van der Waals surface area contributed by atoms with Crippen molar-refractivity contribution in [3.8, 4) is 0 Å². The summed E-state index contributed by atoms with van der Waals surface area (Å²) in [5.41, 5.74) is 0.975. The first-order valence-electron chi connectivity index (χ1n) is 8.41. The Morgan fingerprint density at radius 3 is 1.92 bits per heavy atom. The van der Waals surface area contributed by atoms with Crippen molar-refractivity contribution in [3.63, 3.8) is 0 Å². The Bertz CT molecular complexity index is 679. The molecule has 2 aromatic carbocycles. The van der Waals surface area contributed by atoms with Gasteiger partial charge in [0.1, 0.15) is 0 Å². The number of hydrogen-bond donors (Lipinski definition) is 0. The topological polar surface area (TPSA) is 46.6 Å².